The zero-order valence-electron chi connectivity index (χ0n) is 17.9. The third kappa shape index (κ3) is 6.73. The van der Waals surface area contributed by atoms with Crippen molar-refractivity contribution in [3.8, 4) is 0 Å². The SMILES string of the molecule is CC(C)(C)c1ccc(C(CSC(F)(F)F)N=C(c2ccccc2)c2ccccc2)cc1. The van der Waals surface area contributed by atoms with E-state index in [1.807, 2.05) is 84.9 Å². The summed E-state index contributed by atoms with van der Waals surface area (Å²) in [5.74, 6) is -0.179. The Labute approximate surface area is 186 Å². The van der Waals surface area contributed by atoms with E-state index in [1.54, 1.807) is 0 Å². The molecule has 1 atom stereocenters. The number of hydrogen-bond acceptors (Lipinski definition) is 2. The Hall–Kier alpha value is -2.53. The molecule has 0 bridgehead atoms. The molecule has 0 aliphatic carbocycles. The topological polar surface area (TPSA) is 12.4 Å². The minimum absolute atomic E-state index is 0.0285. The van der Waals surface area contributed by atoms with E-state index in [0.29, 0.717) is 5.71 Å². The Morgan fingerprint density at radius 2 is 1.26 bits per heavy atom. The van der Waals surface area contributed by atoms with Gasteiger partial charge in [0.25, 0.3) is 0 Å². The molecule has 31 heavy (non-hydrogen) atoms. The summed E-state index contributed by atoms with van der Waals surface area (Å²) in [5, 5.41) is 0. The number of hydrogen-bond donors (Lipinski definition) is 0. The maximum Gasteiger partial charge on any atom is 0.441 e. The highest BCUT2D eigenvalue weighted by Crippen LogP contribution is 2.36. The lowest BCUT2D eigenvalue weighted by Gasteiger charge is -2.21. The van der Waals surface area contributed by atoms with Crippen molar-refractivity contribution in [3.63, 3.8) is 0 Å². The first-order valence-electron chi connectivity index (χ1n) is 10.1. The molecule has 0 fully saturated rings. The van der Waals surface area contributed by atoms with Crippen LogP contribution in [0.5, 0.6) is 0 Å². The van der Waals surface area contributed by atoms with Gasteiger partial charge in [-0.2, -0.15) is 13.2 Å². The second-order valence-corrected chi connectivity index (χ2v) is 9.44. The minimum atomic E-state index is -4.31. The fraction of sp³-hybridized carbons (Fsp3) is 0.269. The third-order valence-corrected chi connectivity index (χ3v) is 5.76. The molecule has 3 aromatic carbocycles. The molecule has 0 aliphatic rings. The van der Waals surface area contributed by atoms with Crippen molar-refractivity contribution in [1.29, 1.82) is 0 Å². The van der Waals surface area contributed by atoms with Gasteiger partial charge in [0.05, 0.1) is 11.8 Å². The molecular formula is C26H26F3NS. The molecule has 3 aromatic rings. The summed E-state index contributed by atoms with van der Waals surface area (Å²) in [7, 11) is 0. The number of alkyl halides is 3. The molecule has 0 amide bonds. The molecule has 0 saturated heterocycles. The summed E-state index contributed by atoms with van der Waals surface area (Å²) in [6, 6.07) is 26.3. The summed E-state index contributed by atoms with van der Waals surface area (Å²) >= 11 is -0.0285. The van der Waals surface area contributed by atoms with Gasteiger partial charge in [-0.25, -0.2) is 0 Å². The van der Waals surface area contributed by atoms with E-state index in [-0.39, 0.29) is 22.9 Å². The maximum absolute atomic E-state index is 13.0. The minimum Gasteiger partial charge on any atom is -0.275 e. The van der Waals surface area contributed by atoms with Crippen LogP contribution in [0.1, 0.15) is 49.1 Å². The molecule has 5 heteroatoms. The van der Waals surface area contributed by atoms with Crippen molar-refractivity contribution >= 4 is 17.5 Å². The third-order valence-electron chi connectivity index (χ3n) is 4.95. The molecule has 3 rings (SSSR count). The molecule has 0 spiro atoms. The molecule has 0 aliphatic heterocycles. The second-order valence-electron chi connectivity index (χ2n) is 8.35. The zero-order valence-corrected chi connectivity index (χ0v) is 18.7. The van der Waals surface area contributed by atoms with Crippen LogP contribution in [0.2, 0.25) is 0 Å². The highest BCUT2D eigenvalue weighted by atomic mass is 32.2. The monoisotopic (exact) mass is 441 g/mol. The van der Waals surface area contributed by atoms with Gasteiger partial charge in [0.1, 0.15) is 0 Å². The van der Waals surface area contributed by atoms with Gasteiger partial charge in [0, 0.05) is 16.9 Å². The second kappa shape index (κ2) is 9.73. The molecular weight excluding hydrogens is 415 g/mol. The molecule has 0 radical (unpaired) electrons. The summed E-state index contributed by atoms with van der Waals surface area (Å²) in [5.41, 5.74) is 0.0107. The average molecular weight is 442 g/mol. The maximum atomic E-state index is 13.0. The molecule has 0 heterocycles. The quantitative estimate of drug-likeness (QED) is 0.355. The van der Waals surface area contributed by atoms with Crippen molar-refractivity contribution in [3.05, 3.63) is 107 Å². The lowest BCUT2D eigenvalue weighted by Crippen LogP contribution is -2.13. The number of halogens is 3. The lowest BCUT2D eigenvalue weighted by atomic mass is 9.86. The first kappa shape index (κ1) is 23.1. The van der Waals surface area contributed by atoms with E-state index in [2.05, 4.69) is 20.8 Å². The number of nitrogens with zero attached hydrogens (tertiary/aromatic N) is 1. The van der Waals surface area contributed by atoms with E-state index < -0.39 is 11.6 Å². The lowest BCUT2D eigenvalue weighted by molar-refractivity contribution is -0.0328. The molecule has 162 valence electrons. The van der Waals surface area contributed by atoms with Crippen LogP contribution in [0.3, 0.4) is 0 Å². The fourth-order valence-electron chi connectivity index (χ4n) is 3.25. The van der Waals surface area contributed by atoms with E-state index >= 15 is 0 Å². The average Bonchev–Trinajstić information content (AvgIpc) is 2.74. The normalized spacial score (nSPS) is 13.0. The fourth-order valence-corrected chi connectivity index (χ4v) is 3.86. The Morgan fingerprint density at radius 1 is 0.774 bits per heavy atom. The van der Waals surface area contributed by atoms with Crippen LogP contribution in [0, 0.1) is 0 Å². The zero-order chi connectivity index (χ0) is 22.5. The number of benzene rings is 3. The van der Waals surface area contributed by atoms with Gasteiger partial charge in [-0.3, -0.25) is 4.99 Å². The van der Waals surface area contributed by atoms with Crippen LogP contribution in [0.25, 0.3) is 0 Å². The van der Waals surface area contributed by atoms with Crippen LogP contribution in [0.4, 0.5) is 13.2 Å². The molecule has 0 aromatic heterocycles. The Balaban J connectivity index is 2.06. The molecule has 0 N–H and O–H groups in total. The van der Waals surface area contributed by atoms with Gasteiger partial charge in [0.2, 0.25) is 0 Å². The van der Waals surface area contributed by atoms with Crippen LogP contribution in [-0.4, -0.2) is 17.0 Å². The van der Waals surface area contributed by atoms with Gasteiger partial charge in [0.15, 0.2) is 0 Å². The molecule has 1 nitrogen and oxygen atoms in total. The molecule has 1 unspecified atom stereocenters. The van der Waals surface area contributed by atoms with Crippen LogP contribution in [0.15, 0.2) is 89.9 Å². The van der Waals surface area contributed by atoms with E-state index in [4.69, 9.17) is 4.99 Å². The number of rotatable bonds is 6. The van der Waals surface area contributed by atoms with Crippen LogP contribution < -0.4 is 0 Å². The van der Waals surface area contributed by atoms with Gasteiger partial charge in [-0.15, -0.1) is 0 Å². The highest BCUT2D eigenvalue weighted by molar-refractivity contribution is 8.00. The summed E-state index contributed by atoms with van der Waals surface area (Å²) in [6.45, 7) is 6.33. The predicted octanol–water partition coefficient (Wildman–Crippen LogP) is 7.82. The van der Waals surface area contributed by atoms with Crippen LogP contribution >= 0.6 is 11.8 Å². The predicted molar refractivity (Wildman–Crippen MR) is 125 cm³/mol. The Morgan fingerprint density at radius 3 is 1.68 bits per heavy atom. The standard InChI is InChI=1S/C26H26F3NS/c1-25(2,3)22-16-14-19(15-17-22)23(18-31-26(27,28)29)30-24(20-10-6-4-7-11-20)21-12-8-5-9-13-21/h4-17,23H,18H2,1-3H3. The van der Waals surface area contributed by atoms with Gasteiger partial charge >= 0.3 is 5.51 Å². The van der Waals surface area contributed by atoms with Crippen molar-refractivity contribution < 1.29 is 13.2 Å². The smallest absolute Gasteiger partial charge is 0.275 e. The molecule has 0 saturated carbocycles. The summed E-state index contributed by atoms with van der Waals surface area (Å²) in [4.78, 5) is 4.88. The highest BCUT2D eigenvalue weighted by Gasteiger charge is 2.30. The van der Waals surface area contributed by atoms with Crippen molar-refractivity contribution in [1.82, 2.24) is 0 Å². The van der Waals surface area contributed by atoms with Gasteiger partial charge in [-0.1, -0.05) is 106 Å². The van der Waals surface area contributed by atoms with Crippen molar-refractivity contribution in [2.75, 3.05) is 5.75 Å². The number of aliphatic imine (C=N–C) groups is 1. The van der Waals surface area contributed by atoms with Crippen LogP contribution in [-0.2, 0) is 5.41 Å². The first-order chi connectivity index (χ1) is 14.6. The van der Waals surface area contributed by atoms with Crippen molar-refractivity contribution in [2.45, 2.75) is 37.7 Å². The van der Waals surface area contributed by atoms with E-state index in [9.17, 15) is 13.2 Å². The van der Waals surface area contributed by atoms with Gasteiger partial charge in [-0.05, 0) is 28.3 Å². The largest absolute Gasteiger partial charge is 0.441 e. The summed E-state index contributed by atoms with van der Waals surface area (Å²) < 4.78 is 39.1. The van der Waals surface area contributed by atoms with Gasteiger partial charge < -0.3 is 0 Å². The Kier molecular flexibility index (Phi) is 7.26. The Bertz CT molecular complexity index is 947. The van der Waals surface area contributed by atoms with Crippen molar-refractivity contribution in [2.24, 2.45) is 4.99 Å². The van der Waals surface area contributed by atoms with E-state index in [0.717, 1.165) is 22.3 Å². The number of thioether (sulfide) groups is 1. The van der Waals surface area contributed by atoms with E-state index in [1.165, 1.54) is 0 Å². The summed E-state index contributed by atoms with van der Waals surface area (Å²) in [6.07, 6.45) is 0. The first-order valence-corrected chi connectivity index (χ1v) is 11.1.